The summed E-state index contributed by atoms with van der Waals surface area (Å²) >= 11 is 5.40. The van der Waals surface area contributed by atoms with Crippen molar-refractivity contribution in [3.8, 4) is 0 Å². The maximum absolute atomic E-state index is 11.5. The third kappa shape index (κ3) is 3.38. The molecule has 5 nitrogen and oxygen atoms in total. The van der Waals surface area contributed by atoms with Crippen LogP contribution < -0.4 is 0 Å². The first-order valence-corrected chi connectivity index (χ1v) is 7.74. The lowest BCUT2D eigenvalue weighted by Gasteiger charge is -1.99. The number of hydrogen-bond acceptors (Lipinski definition) is 6. The molecule has 2 rings (SSSR count). The number of thiophene rings is 1. The molecule has 0 spiro atoms. The van der Waals surface area contributed by atoms with Crippen molar-refractivity contribution >= 4 is 50.0 Å². The standard InChI is InChI=1S/C12H8BrNO4S2/c1-18-12(15)10-6-9(11(20-10)14(16)17)19-8-4-2-3-7(13)5-8/h2-6H,1H3. The minimum Gasteiger partial charge on any atom is -0.465 e. The fraction of sp³-hybridized carbons (Fsp3) is 0.0833. The van der Waals surface area contributed by atoms with Gasteiger partial charge in [0, 0.05) is 9.37 Å². The summed E-state index contributed by atoms with van der Waals surface area (Å²) in [6.45, 7) is 0. The molecule has 2 aromatic rings. The molecule has 1 heterocycles. The zero-order valence-corrected chi connectivity index (χ0v) is 13.4. The Bertz CT molecular complexity index is 671. The van der Waals surface area contributed by atoms with Gasteiger partial charge in [0.1, 0.15) is 9.77 Å². The first kappa shape index (κ1) is 15.0. The summed E-state index contributed by atoms with van der Waals surface area (Å²) in [6.07, 6.45) is 0. The molecule has 0 unspecified atom stereocenters. The van der Waals surface area contributed by atoms with Crippen LogP contribution in [0.1, 0.15) is 9.67 Å². The summed E-state index contributed by atoms with van der Waals surface area (Å²) in [4.78, 5) is 23.5. The quantitative estimate of drug-likeness (QED) is 0.452. The normalized spacial score (nSPS) is 10.3. The number of rotatable bonds is 4. The maximum Gasteiger partial charge on any atom is 0.348 e. The third-order valence-electron chi connectivity index (χ3n) is 2.26. The second-order valence-corrected chi connectivity index (χ2v) is 6.65. The number of nitrogens with zero attached hydrogens (tertiary/aromatic N) is 1. The molecule has 0 aliphatic heterocycles. The van der Waals surface area contributed by atoms with Crippen molar-refractivity contribution in [2.45, 2.75) is 9.79 Å². The number of halogens is 1. The highest BCUT2D eigenvalue weighted by atomic mass is 79.9. The van der Waals surface area contributed by atoms with Crippen LogP contribution in [0, 0.1) is 10.1 Å². The van der Waals surface area contributed by atoms with E-state index in [1.807, 2.05) is 24.3 Å². The summed E-state index contributed by atoms with van der Waals surface area (Å²) < 4.78 is 5.47. The van der Waals surface area contributed by atoms with Crippen molar-refractivity contribution in [3.63, 3.8) is 0 Å². The molecular weight excluding hydrogens is 366 g/mol. The minimum absolute atomic E-state index is 0.0598. The zero-order valence-electron chi connectivity index (χ0n) is 10.2. The van der Waals surface area contributed by atoms with Crippen molar-refractivity contribution in [2.24, 2.45) is 0 Å². The van der Waals surface area contributed by atoms with Crippen molar-refractivity contribution in [1.29, 1.82) is 0 Å². The van der Waals surface area contributed by atoms with E-state index in [0.717, 1.165) is 20.7 Å². The lowest BCUT2D eigenvalue weighted by molar-refractivity contribution is -0.382. The molecule has 0 fully saturated rings. The predicted octanol–water partition coefficient (Wildman–Crippen LogP) is 4.36. The summed E-state index contributed by atoms with van der Waals surface area (Å²) in [5.41, 5.74) is 0. The first-order chi connectivity index (χ1) is 9.51. The van der Waals surface area contributed by atoms with Gasteiger partial charge < -0.3 is 4.74 Å². The van der Waals surface area contributed by atoms with Crippen LogP contribution in [0.4, 0.5) is 5.00 Å². The number of methoxy groups -OCH3 is 1. The van der Waals surface area contributed by atoms with Gasteiger partial charge in [0.25, 0.3) is 0 Å². The van der Waals surface area contributed by atoms with E-state index in [0.29, 0.717) is 4.90 Å². The fourth-order valence-electron chi connectivity index (χ4n) is 1.42. The largest absolute Gasteiger partial charge is 0.465 e. The van der Waals surface area contributed by atoms with E-state index < -0.39 is 10.9 Å². The van der Waals surface area contributed by atoms with Crippen molar-refractivity contribution in [2.75, 3.05) is 7.11 Å². The van der Waals surface area contributed by atoms with E-state index in [1.54, 1.807) is 0 Å². The molecule has 0 amide bonds. The Labute approximate surface area is 131 Å². The highest BCUT2D eigenvalue weighted by molar-refractivity contribution is 9.10. The van der Waals surface area contributed by atoms with Gasteiger partial charge in [-0.15, -0.1) is 0 Å². The molecule has 0 radical (unpaired) electrons. The molecule has 20 heavy (non-hydrogen) atoms. The predicted molar refractivity (Wildman–Crippen MR) is 80.6 cm³/mol. The monoisotopic (exact) mass is 373 g/mol. The van der Waals surface area contributed by atoms with Crippen LogP contribution in [0.2, 0.25) is 0 Å². The van der Waals surface area contributed by atoms with Crippen LogP contribution in [-0.2, 0) is 4.74 Å². The van der Waals surface area contributed by atoms with E-state index in [1.165, 1.54) is 24.9 Å². The van der Waals surface area contributed by atoms with Crippen molar-refractivity contribution in [3.05, 3.63) is 49.8 Å². The van der Waals surface area contributed by atoms with E-state index in [-0.39, 0.29) is 9.88 Å². The van der Waals surface area contributed by atoms with Gasteiger partial charge in [0.15, 0.2) is 0 Å². The Morgan fingerprint density at radius 2 is 2.20 bits per heavy atom. The maximum atomic E-state index is 11.5. The van der Waals surface area contributed by atoms with Gasteiger partial charge in [0.2, 0.25) is 0 Å². The van der Waals surface area contributed by atoms with Gasteiger partial charge in [-0.2, -0.15) is 0 Å². The van der Waals surface area contributed by atoms with Gasteiger partial charge in [-0.3, -0.25) is 10.1 Å². The number of esters is 1. The van der Waals surface area contributed by atoms with Gasteiger partial charge in [-0.25, -0.2) is 4.79 Å². The highest BCUT2D eigenvalue weighted by Crippen LogP contribution is 2.41. The Morgan fingerprint density at radius 3 is 2.80 bits per heavy atom. The number of carbonyl (C=O) groups excluding carboxylic acids is 1. The average Bonchev–Trinajstić information content (AvgIpc) is 2.82. The molecule has 0 aliphatic rings. The molecular formula is C12H8BrNO4S2. The Balaban J connectivity index is 2.37. The average molecular weight is 374 g/mol. The minimum atomic E-state index is -0.570. The van der Waals surface area contributed by atoms with Gasteiger partial charge in [-0.05, 0) is 24.3 Å². The lowest BCUT2D eigenvalue weighted by atomic mass is 10.4. The SMILES string of the molecule is COC(=O)c1cc(Sc2cccc(Br)c2)c([N+](=O)[O-])s1. The molecule has 8 heteroatoms. The summed E-state index contributed by atoms with van der Waals surface area (Å²) in [6, 6.07) is 8.89. The molecule has 0 saturated carbocycles. The van der Waals surface area contributed by atoms with Crippen LogP contribution in [0.15, 0.2) is 44.6 Å². The van der Waals surface area contributed by atoms with Gasteiger partial charge in [0.05, 0.1) is 12.0 Å². The van der Waals surface area contributed by atoms with Crippen LogP contribution in [-0.4, -0.2) is 18.0 Å². The van der Waals surface area contributed by atoms with Crippen molar-refractivity contribution < 1.29 is 14.5 Å². The molecule has 0 saturated heterocycles. The number of hydrogen-bond donors (Lipinski definition) is 0. The third-order valence-corrected chi connectivity index (χ3v) is 4.97. The Kier molecular flexibility index (Phi) is 4.79. The zero-order chi connectivity index (χ0) is 14.7. The van der Waals surface area contributed by atoms with E-state index in [2.05, 4.69) is 20.7 Å². The van der Waals surface area contributed by atoms with Gasteiger partial charge in [-0.1, -0.05) is 45.1 Å². The van der Waals surface area contributed by atoms with Crippen molar-refractivity contribution in [1.82, 2.24) is 0 Å². The fourth-order valence-corrected chi connectivity index (χ4v) is 4.01. The van der Waals surface area contributed by atoms with Crippen LogP contribution >= 0.6 is 39.0 Å². The van der Waals surface area contributed by atoms with E-state index in [9.17, 15) is 14.9 Å². The van der Waals surface area contributed by atoms with E-state index >= 15 is 0 Å². The Hall–Kier alpha value is -1.38. The van der Waals surface area contributed by atoms with Crippen LogP contribution in [0.25, 0.3) is 0 Å². The molecule has 0 bridgehead atoms. The second-order valence-electron chi connectivity index (χ2n) is 3.59. The summed E-state index contributed by atoms with van der Waals surface area (Å²) in [5, 5.41) is 11.0. The number of carbonyl (C=O) groups is 1. The molecule has 104 valence electrons. The van der Waals surface area contributed by atoms with Gasteiger partial charge >= 0.3 is 11.0 Å². The molecule has 0 atom stereocenters. The topological polar surface area (TPSA) is 69.4 Å². The number of nitro groups is 1. The molecule has 1 aromatic carbocycles. The van der Waals surface area contributed by atoms with Crippen LogP contribution in [0.5, 0.6) is 0 Å². The first-order valence-electron chi connectivity index (χ1n) is 5.31. The lowest BCUT2D eigenvalue weighted by Crippen LogP contribution is -1.96. The molecule has 1 aromatic heterocycles. The number of ether oxygens (including phenoxy) is 1. The molecule has 0 aliphatic carbocycles. The number of benzene rings is 1. The second kappa shape index (κ2) is 6.38. The summed E-state index contributed by atoms with van der Waals surface area (Å²) in [5.74, 6) is -0.570. The smallest absolute Gasteiger partial charge is 0.348 e. The highest BCUT2D eigenvalue weighted by Gasteiger charge is 2.23. The Morgan fingerprint density at radius 1 is 1.45 bits per heavy atom. The van der Waals surface area contributed by atoms with Crippen LogP contribution in [0.3, 0.4) is 0 Å². The van der Waals surface area contributed by atoms with E-state index in [4.69, 9.17) is 0 Å². The molecule has 0 N–H and O–H groups in total. The summed E-state index contributed by atoms with van der Waals surface area (Å²) in [7, 11) is 1.25.